The second-order valence-electron chi connectivity index (χ2n) is 3.39. The Morgan fingerprint density at radius 1 is 1.50 bits per heavy atom. The summed E-state index contributed by atoms with van der Waals surface area (Å²) in [5.41, 5.74) is 2.16. The maximum absolute atomic E-state index is 10.7. The molecule has 0 aromatic heterocycles. The number of nitrogens with one attached hydrogen (secondary N) is 1. The van der Waals surface area contributed by atoms with Gasteiger partial charge in [-0.15, -0.1) is 0 Å². The van der Waals surface area contributed by atoms with E-state index in [1.165, 1.54) is 0 Å². The highest BCUT2D eigenvalue weighted by Gasteiger charge is 2.23. The molecule has 1 heterocycles. The van der Waals surface area contributed by atoms with Crippen molar-refractivity contribution in [2.75, 3.05) is 0 Å². The fourth-order valence-corrected chi connectivity index (χ4v) is 1.85. The van der Waals surface area contributed by atoms with Gasteiger partial charge in [0.1, 0.15) is 6.04 Å². The van der Waals surface area contributed by atoms with Crippen LogP contribution in [0.25, 0.3) is 0 Å². The highest BCUT2D eigenvalue weighted by molar-refractivity contribution is 6.30. The third-order valence-electron chi connectivity index (χ3n) is 2.43. The summed E-state index contributed by atoms with van der Waals surface area (Å²) in [6.07, 6.45) is 0.530. The molecule has 0 fully saturated rings. The number of rotatable bonds is 1. The number of hydrogen-bond donors (Lipinski definition) is 2. The largest absolute Gasteiger partial charge is 0.480 e. The number of carboxylic acid groups (broad SMARTS) is 1. The lowest BCUT2D eigenvalue weighted by Gasteiger charge is -2.23. The molecule has 1 aliphatic heterocycles. The van der Waals surface area contributed by atoms with Crippen LogP contribution in [0.1, 0.15) is 11.1 Å². The van der Waals surface area contributed by atoms with Crippen LogP contribution >= 0.6 is 11.6 Å². The number of hydrogen-bond acceptors (Lipinski definition) is 2. The predicted octanol–water partition coefficient (Wildman–Crippen LogP) is 1.44. The first kappa shape index (κ1) is 9.49. The minimum Gasteiger partial charge on any atom is -0.480 e. The van der Waals surface area contributed by atoms with E-state index >= 15 is 0 Å². The van der Waals surface area contributed by atoms with Crippen molar-refractivity contribution in [3.8, 4) is 0 Å². The van der Waals surface area contributed by atoms with Crippen molar-refractivity contribution < 1.29 is 9.90 Å². The Morgan fingerprint density at radius 2 is 2.29 bits per heavy atom. The summed E-state index contributed by atoms with van der Waals surface area (Å²) < 4.78 is 0. The Hall–Kier alpha value is -1.06. The number of aliphatic carboxylic acids is 1. The average molecular weight is 212 g/mol. The number of carbonyl (C=O) groups is 1. The Balaban J connectivity index is 2.27. The van der Waals surface area contributed by atoms with Crippen LogP contribution in [-0.2, 0) is 17.8 Å². The molecule has 0 saturated heterocycles. The molecule has 3 nitrogen and oxygen atoms in total. The lowest BCUT2D eigenvalue weighted by Crippen LogP contribution is -2.41. The van der Waals surface area contributed by atoms with E-state index in [4.69, 9.17) is 16.7 Å². The third-order valence-corrected chi connectivity index (χ3v) is 2.66. The van der Waals surface area contributed by atoms with Gasteiger partial charge in [0.15, 0.2) is 0 Å². The van der Waals surface area contributed by atoms with Gasteiger partial charge in [-0.2, -0.15) is 0 Å². The van der Waals surface area contributed by atoms with Gasteiger partial charge in [-0.3, -0.25) is 4.79 Å². The zero-order valence-electron chi connectivity index (χ0n) is 7.46. The molecule has 2 N–H and O–H groups in total. The van der Waals surface area contributed by atoms with Gasteiger partial charge in [-0.1, -0.05) is 17.7 Å². The van der Waals surface area contributed by atoms with Crippen molar-refractivity contribution in [1.29, 1.82) is 0 Å². The van der Waals surface area contributed by atoms with E-state index in [9.17, 15) is 4.79 Å². The molecule has 2 rings (SSSR count). The van der Waals surface area contributed by atoms with Crippen molar-refractivity contribution in [3.05, 3.63) is 34.3 Å². The molecule has 0 spiro atoms. The minimum absolute atomic E-state index is 0.469. The monoisotopic (exact) mass is 211 g/mol. The Labute approximate surface area is 86.7 Å². The summed E-state index contributed by atoms with van der Waals surface area (Å²) in [5, 5.41) is 12.5. The predicted molar refractivity (Wildman–Crippen MR) is 53.4 cm³/mol. The molecule has 1 aromatic rings. The molecule has 0 unspecified atom stereocenters. The summed E-state index contributed by atoms with van der Waals surface area (Å²) in [5.74, 6) is -0.800. The highest BCUT2D eigenvalue weighted by atomic mass is 35.5. The number of fused-ring (bicyclic) bond motifs is 1. The first-order chi connectivity index (χ1) is 6.66. The fourth-order valence-electron chi connectivity index (χ4n) is 1.66. The molecule has 4 heteroatoms. The van der Waals surface area contributed by atoms with Gasteiger partial charge in [0.25, 0.3) is 0 Å². The summed E-state index contributed by atoms with van der Waals surface area (Å²) in [7, 11) is 0. The van der Waals surface area contributed by atoms with Crippen LogP contribution in [0.5, 0.6) is 0 Å². The van der Waals surface area contributed by atoms with Crippen LogP contribution in [0.3, 0.4) is 0 Å². The Morgan fingerprint density at radius 3 is 3.00 bits per heavy atom. The zero-order chi connectivity index (χ0) is 10.1. The van der Waals surface area contributed by atoms with Gasteiger partial charge < -0.3 is 10.4 Å². The zero-order valence-corrected chi connectivity index (χ0v) is 8.21. The standard InChI is InChI=1S/C10H10ClNO2/c11-8-2-1-6-4-9(10(13)14)12-5-7(6)3-8/h1-3,9,12H,4-5H2,(H,13,14)/t9-/m0/s1. The van der Waals surface area contributed by atoms with Crippen molar-refractivity contribution in [2.24, 2.45) is 0 Å². The average Bonchev–Trinajstić information content (AvgIpc) is 2.16. The van der Waals surface area contributed by atoms with Crippen LogP contribution in [-0.4, -0.2) is 17.1 Å². The molecule has 0 bridgehead atoms. The van der Waals surface area contributed by atoms with Crippen molar-refractivity contribution >= 4 is 17.6 Å². The summed E-state index contributed by atoms with van der Waals surface area (Å²) in [4.78, 5) is 10.7. The molecule has 0 aliphatic carbocycles. The van der Waals surface area contributed by atoms with Gasteiger partial charge in [0.2, 0.25) is 0 Å². The quantitative estimate of drug-likeness (QED) is 0.739. The van der Waals surface area contributed by atoms with E-state index < -0.39 is 12.0 Å². The second-order valence-corrected chi connectivity index (χ2v) is 3.83. The van der Waals surface area contributed by atoms with Crippen LogP contribution in [0.15, 0.2) is 18.2 Å². The van der Waals surface area contributed by atoms with E-state index in [0.717, 1.165) is 11.1 Å². The highest BCUT2D eigenvalue weighted by Crippen LogP contribution is 2.20. The van der Waals surface area contributed by atoms with E-state index in [-0.39, 0.29) is 0 Å². The van der Waals surface area contributed by atoms with Gasteiger partial charge >= 0.3 is 5.97 Å². The maximum atomic E-state index is 10.7. The third kappa shape index (κ3) is 1.74. The lowest BCUT2D eigenvalue weighted by molar-refractivity contribution is -0.139. The van der Waals surface area contributed by atoms with Gasteiger partial charge in [0, 0.05) is 11.6 Å². The minimum atomic E-state index is -0.800. The smallest absolute Gasteiger partial charge is 0.321 e. The normalized spacial score (nSPS) is 20.2. The molecular formula is C10H10ClNO2. The lowest BCUT2D eigenvalue weighted by atomic mass is 9.96. The van der Waals surface area contributed by atoms with Gasteiger partial charge in [-0.05, 0) is 29.7 Å². The molecule has 14 heavy (non-hydrogen) atoms. The molecule has 1 aromatic carbocycles. The topological polar surface area (TPSA) is 49.3 Å². The van der Waals surface area contributed by atoms with E-state index in [2.05, 4.69) is 5.32 Å². The van der Waals surface area contributed by atoms with Crippen LogP contribution in [0.2, 0.25) is 5.02 Å². The van der Waals surface area contributed by atoms with Crippen LogP contribution in [0, 0.1) is 0 Å². The van der Waals surface area contributed by atoms with Crippen molar-refractivity contribution in [2.45, 2.75) is 19.0 Å². The fraction of sp³-hybridized carbons (Fsp3) is 0.300. The number of carboxylic acids is 1. The summed E-state index contributed by atoms with van der Waals surface area (Å²) in [6.45, 7) is 0.576. The van der Waals surface area contributed by atoms with Crippen LogP contribution in [0.4, 0.5) is 0 Å². The van der Waals surface area contributed by atoms with E-state index in [1.54, 1.807) is 6.07 Å². The van der Waals surface area contributed by atoms with E-state index in [1.807, 2.05) is 12.1 Å². The molecular weight excluding hydrogens is 202 g/mol. The summed E-state index contributed by atoms with van der Waals surface area (Å²) in [6, 6.07) is 5.10. The van der Waals surface area contributed by atoms with E-state index in [0.29, 0.717) is 18.0 Å². The Bertz CT molecular complexity index is 378. The first-order valence-electron chi connectivity index (χ1n) is 4.40. The van der Waals surface area contributed by atoms with Gasteiger partial charge in [0.05, 0.1) is 0 Å². The molecule has 0 radical (unpaired) electrons. The first-order valence-corrected chi connectivity index (χ1v) is 4.78. The van der Waals surface area contributed by atoms with Crippen molar-refractivity contribution in [1.82, 2.24) is 5.32 Å². The SMILES string of the molecule is O=C(O)[C@@H]1Cc2ccc(Cl)cc2CN1. The Kier molecular flexibility index (Phi) is 2.44. The molecule has 74 valence electrons. The van der Waals surface area contributed by atoms with Crippen LogP contribution < -0.4 is 5.32 Å². The number of halogens is 1. The molecule has 0 saturated carbocycles. The second kappa shape index (κ2) is 3.59. The molecule has 0 amide bonds. The van der Waals surface area contributed by atoms with Gasteiger partial charge in [-0.25, -0.2) is 0 Å². The number of benzene rings is 1. The molecule has 1 atom stereocenters. The maximum Gasteiger partial charge on any atom is 0.321 e. The molecule has 1 aliphatic rings. The summed E-state index contributed by atoms with van der Waals surface area (Å²) >= 11 is 5.83. The van der Waals surface area contributed by atoms with Crippen molar-refractivity contribution in [3.63, 3.8) is 0 Å².